The van der Waals surface area contributed by atoms with Crippen LogP contribution in [0.4, 0.5) is 0 Å². The van der Waals surface area contributed by atoms with Crippen molar-refractivity contribution < 1.29 is 0 Å². The van der Waals surface area contributed by atoms with Crippen LogP contribution in [0.15, 0.2) is 188 Å². The van der Waals surface area contributed by atoms with Crippen molar-refractivity contribution in [3.05, 3.63) is 194 Å². The Hall–Kier alpha value is -7.30. The van der Waals surface area contributed by atoms with Crippen molar-refractivity contribution in [1.82, 2.24) is 19.1 Å². The molecule has 3 aromatic heterocycles. The molecule has 0 spiro atoms. The Morgan fingerprint density at radius 3 is 1.40 bits per heavy atom. The largest absolute Gasteiger partial charge is 0.309 e. The van der Waals surface area contributed by atoms with Crippen LogP contribution in [0.25, 0.3) is 99.7 Å². The summed E-state index contributed by atoms with van der Waals surface area (Å²) < 4.78 is 4.76. The van der Waals surface area contributed by atoms with Crippen molar-refractivity contribution >= 4 is 54.6 Å². The Bertz CT molecular complexity index is 3250. The zero-order valence-corrected chi connectivity index (χ0v) is 30.2. The number of hydrogen-bond donors (Lipinski definition) is 0. The molecular formula is C51H34N4. The molecule has 0 saturated heterocycles. The fourth-order valence-corrected chi connectivity index (χ4v) is 8.37. The molecule has 0 radical (unpaired) electrons. The lowest BCUT2D eigenvalue weighted by molar-refractivity contribution is 1.18. The Morgan fingerprint density at radius 2 is 0.764 bits per heavy atom. The molecule has 0 bridgehead atoms. The highest BCUT2D eigenvalue weighted by Crippen LogP contribution is 2.39. The highest BCUT2D eigenvalue weighted by atomic mass is 15.0. The van der Waals surface area contributed by atoms with Crippen LogP contribution in [0.5, 0.6) is 0 Å². The SMILES string of the molecule is Cc1ccc2c(c1)c1cc(-c3ccc4c(c3)c3ccccc3n4-c3ccc(-c4nc5ccccc5nc4-c4ccccc4)cc3)ccc1n2-c1ccccc1. The van der Waals surface area contributed by atoms with Crippen LogP contribution in [-0.4, -0.2) is 19.1 Å². The molecule has 3 heterocycles. The maximum atomic E-state index is 5.14. The van der Waals surface area contributed by atoms with Gasteiger partial charge in [0.15, 0.2) is 0 Å². The van der Waals surface area contributed by atoms with Gasteiger partial charge in [-0.1, -0.05) is 115 Å². The molecule has 4 nitrogen and oxygen atoms in total. The lowest BCUT2D eigenvalue weighted by atomic mass is 10.0. The van der Waals surface area contributed by atoms with Gasteiger partial charge in [0.25, 0.3) is 0 Å². The van der Waals surface area contributed by atoms with Gasteiger partial charge < -0.3 is 9.13 Å². The maximum absolute atomic E-state index is 5.14. The van der Waals surface area contributed by atoms with Gasteiger partial charge >= 0.3 is 0 Å². The Balaban J connectivity index is 1.04. The van der Waals surface area contributed by atoms with Gasteiger partial charge in [-0.05, 0) is 96.9 Å². The fraction of sp³-hybridized carbons (Fsp3) is 0.0196. The molecule has 0 saturated carbocycles. The van der Waals surface area contributed by atoms with Crippen molar-refractivity contribution in [2.45, 2.75) is 6.92 Å². The summed E-state index contributed by atoms with van der Waals surface area (Å²) in [6.07, 6.45) is 0. The second-order valence-corrected chi connectivity index (χ2v) is 14.3. The van der Waals surface area contributed by atoms with E-state index in [9.17, 15) is 0 Å². The van der Waals surface area contributed by atoms with E-state index in [1.807, 2.05) is 30.3 Å². The van der Waals surface area contributed by atoms with Gasteiger partial charge in [-0.2, -0.15) is 0 Å². The van der Waals surface area contributed by atoms with Crippen LogP contribution in [0.1, 0.15) is 5.56 Å². The van der Waals surface area contributed by atoms with Gasteiger partial charge in [0.05, 0.1) is 44.5 Å². The summed E-state index contributed by atoms with van der Waals surface area (Å²) in [5.41, 5.74) is 16.3. The van der Waals surface area contributed by atoms with Crippen LogP contribution in [-0.2, 0) is 0 Å². The molecule has 0 amide bonds. The summed E-state index contributed by atoms with van der Waals surface area (Å²) in [4.78, 5) is 10.2. The Morgan fingerprint density at radius 1 is 0.327 bits per heavy atom. The number of rotatable bonds is 5. The normalized spacial score (nSPS) is 11.7. The average Bonchev–Trinajstić information content (AvgIpc) is 3.75. The summed E-state index contributed by atoms with van der Waals surface area (Å²) in [5, 5.41) is 4.99. The van der Waals surface area contributed by atoms with Gasteiger partial charge in [-0.25, -0.2) is 9.97 Å². The summed E-state index contributed by atoms with van der Waals surface area (Å²) in [5.74, 6) is 0. The molecule has 4 heteroatoms. The van der Waals surface area contributed by atoms with Crippen LogP contribution in [0, 0.1) is 6.92 Å². The van der Waals surface area contributed by atoms with E-state index in [-0.39, 0.29) is 0 Å². The highest BCUT2D eigenvalue weighted by molar-refractivity contribution is 6.13. The molecule has 11 rings (SSSR count). The van der Waals surface area contributed by atoms with Crippen molar-refractivity contribution in [3.63, 3.8) is 0 Å². The van der Waals surface area contributed by atoms with Gasteiger partial charge in [-0.3, -0.25) is 0 Å². The number of hydrogen-bond acceptors (Lipinski definition) is 2. The van der Waals surface area contributed by atoms with E-state index < -0.39 is 0 Å². The van der Waals surface area contributed by atoms with E-state index in [1.165, 1.54) is 66.0 Å². The minimum absolute atomic E-state index is 0.877. The molecule has 0 aliphatic heterocycles. The summed E-state index contributed by atoms with van der Waals surface area (Å²) in [7, 11) is 0. The minimum Gasteiger partial charge on any atom is -0.309 e. The second-order valence-electron chi connectivity index (χ2n) is 14.3. The summed E-state index contributed by atoms with van der Waals surface area (Å²) >= 11 is 0. The van der Waals surface area contributed by atoms with Gasteiger partial charge in [0.1, 0.15) is 0 Å². The third-order valence-corrected chi connectivity index (χ3v) is 11.0. The predicted molar refractivity (Wildman–Crippen MR) is 229 cm³/mol. The lowest BCUT2D eigenvalue weighted by Gasteiger charge is -2.12. The van der Waals surface area contributed by atoms with E-state index in [0.29, 0.717) is 0 Å². The Labute approximate surface area is 318 Å². The monoisotopic (exact) mass is 702 g/mol. The van der Waals surface area contributed by atoms with E-state index in [0.717, 1.165) is 39.2 Å². The molecule has 258 valence electrons. The number of aryl methyl sites for hydroxylation is 1. The topological polar surface area (TPSA) is 35.6 Å². The quantitative estimate of drug-likeness (QED) is 0.179. The fourth-order valence-electron chi connectivity index (χ4n) is 8.37. The maximum Gasteiger partial charge on any atom is 0.0973 e. The van der Waals surface area contributed by atoms with Crippen molar-refractivity contribution in [2.24, 2.45) is 0 Å². The van der Waals surface area contributed by atoms with Crippen LogP contribution in [0.2, 0.25) is 0 Å². The standard InChI is InChI=1S/C51H34N4/c1-33-20-27-47-41(30-33)43-32-37(24-29-49(43)54(47)38-14-6-3-7-15-38)36-23-28-48-42(31-36)40-16-8-11-19-46(40)55(48)39-25-21-35(22-26-39)51-50(34-12-4-2-5-13-34)52-44-17-9-10-18-45(44)53-51/h2-32H,1H3. The van der Waals surface area contributed by atoms with Crippen LogP contribution >= 0.6 is 0 Å². The lowest BCUT2D eigenvalue weighted by Crippen LogP contribution is -1.97. The highest BCUT2D eigenvalue weighted by Gasteiger charge is 2.18. The number of nitrogens with zero attached hydrogens (tertiary/aromatic N) is 4. The molecule has 0 aliphatic carbocycles. The summed E-state index contributed by atoms with van der Waals surface area (Å²) in [6, 6.07) is 67.2. The van der Waals surface area contributed by atoms with E-state index in [1.54, 1.807) is 0 Å². The first kappa shape index (κ1) is 31.2. The van der Waals surface area contributed by atoms with Crippen molar-refractivity contribution in [3.8, 4) is 45.0 Å². The first-order valence-electron chi connectivity index (χ1n) is 18.7. The van der Waals surface area contributed by atoms with Crippen LogP contribution < -0.4 is 0 Å². The smallest absolute Gasteiger partial charge is 0.0973 e. The van der Waals surface area contributed by atoms with E-state index in [2.05, 4.69) is 174 Å². The zero-order valence-electron chi connectivity index (χ0n) is 30.2. The summed E-state index contributed by atoms with van der Waals surface area (Å²) in [6.45, 7) is 2.17. The average molecular weight is 703 g/mol. The number of fused-ring (bicyclic) bond motifs is 7. The molecule has 0 unspecified atom stereocenters. The van der Waals surface area contributed by atoms with Gasteiger partial charge in [0, 0.05) is 44.0 Å². The molecule has 8 aromatic carbocycles. The minimum atomic E-state index is 0.877. The molecular weight excluding hydrogens is 669 g/mol. The molecule has 11 aromatic rings. The van der Waals surface area contributed by atoms with E-state index >= 15 is 0 Å². The number of aromatic nitrogens is 4. The predicted octanol–water partition coefficient (Wildman–Crippen LogP) is 13.1. The van der Waals surface area contributed by atoms with E-state index in [4.69, 9.17) is 9.97 Å². The van der Waals surface area contributed by atoms with Gasteiger partial charge in [-0.15, -0.1) is 0 Å². The third-order valence-electron chi connectivity index (χ3n) is 11.0. The molecule has 0 aliphatic rings. The van der Waals surface area contributed by atoms with Gasteiger partial charge in [0.2, 0.25) is 0 Å². The van der Waals surface area contributed by atoms with Crippen molar-refractivity contribution in [2.75, 3.05) is 0 Å². The first-order chi connectivity index (χ1) is 27.2. The number of benzene rings is 8. The second kappa shape index (κ2) is 12.4. The molecule has 0 fully saturated rings. The zero-order chi connectivity index (χ0) is 36.5. The van der Waals surface area contributed by atoms with Crippen LogP contribution in [0.3, 0.4) is 0 Å². The first-order valence-corrected chi connectivity index (χ1v) is 18.7. The Kier molecular flexibility index (Phi) is 7.04. The number of para-hydroxylation sites is 4. The third kappa shape index (κ3) is 5.07. The molecule has 0 atom stereocenters. The van der Waals surface area contributed by atoms with Crippen molar-refractivity contribution in [1.29, 1.82) is 0 Å². The molecule has 55 heavy (non-hydrogen) atoms. The molecule has 0 N–H and O–H groups in total.